The largest absolute Gasteiger partial charge is 0.457 e. The second-order valence-electron chi connectivity index (χ2n) is 33.5. The molecule has 0 aliphatic carbocycles. The predicted molar refractivity (Wildman–Crippen MR) is 489 cm³/mol. The Kier molecular flexibility index (Phi) is 32.7. The smallest absolute Gasteiger partial charge is 0.419 e. The Morgan fingerprint density at radius 3 is 1.12 bits per heavy atom. The van der Waals surface area contributed by atoms with Gasteiger partial charge in [0.1, 0.15) is 68.7 Å². The first-order valence-corrected chi connectivity index (χ1v) is 45.8. The quantitative estimate of drug-likeness (QED) is 0.0225. The molecular weight excluding hydrogens is 1410 g/mol. The maximum Gasteiger partial charge on any atom is 0.419 e. The summed E-state index contributed by atoms with van der Waals surface area (Å²) in [7, 11) is 1.53. The molecule has 1 aliphatic rings. The number of hydrogen-bond donors (Lipinski definition) is 2. The van der Waals surface area contributed by atoms with Crippen molar-refractivity contribution in [3.63, 3.8) is 0 Å². The number of aromatic amines is 1. The molecule has 0 fully saturated rings. The first kappa shape index (κ1) is 83.9. The van der Waals surface area contributed by atoms with E-state index in [0.717, 1.165) is 103 Å². The number of nitrogens with zero attached hydrogens (tertiary/aromatic N) is 4. The highest BCUT2D eigenvalue weighted by Gasteiger charge is 2.27. The number of H-pyrrole nitrogens is 1. The molecular formula is C104H133BN6O4. The summed E-state index contributed by atoms with van der Waals surface area (Å²) < 4.78 is 32.6. The maximum absolute atomic E-state index is 7.38. The van der Waals surface area contributed by atoms with Crippen LogP contribution in [-0.4, -0.2) is 21.1 Å². The maximum atomic E-state index is 7.38. The van der Waals surface area contributed by atoms with Crippen LogP contribution in [0.15, 0.2) is 192 Å². The van der Waals surface area contributed by atoms with Crippen LogP contribution >= 0.6 is 0 Å². The number of fused-ring (bicyclic) bond motifs is 17. The van der Waals surface area contributed by atoms with E-state index < -0.39 is 7.05 Å². The third-order valence-corrected chi connectivity index (χ3v) is 24.3. The number of nitrogens with one attached hydrogen (secondary N) is 2. The third-order valence-electron chi connectivity index (χ3n) is 24.3. The summed E-state index contributed by atoms with van der Waals surface area (Å²) in [6.45, 7) is 9.38. The lowest BCUT2D eigenvalue weighted by Gasteiger charge is -2.16. The highest BCUT2D eigenvalue weighted by Crippen LogP contribution is 2.44. The Morgan fingerprint density at radius 2 is 0.687 bits per heavy atom. The zero-order valence-electron chi connectivity index (χ0n) is 70.7. The highest BCUT2D eigenvalue weighted by atomic mass is 16.5. The van der Waals surface area contributed by atoms with Crippen LogP contribution in [-0.2, 0) is 37.6 Å². The van der Waals surface area contributed by atoms with E-state index in [1.807, 2.05) is 0 Å². The van der Waals surface area contributed by atoms with E-state index in [4.69, 9.17) is 28.8 Å². The molecule has 6 bridgehead atoms. The standard InChI is InChI=1S/C104H133BN6O4/c1-6-9-12-15-18-21-24-27-30-33-36-39-42-52-79-55-49-60-84(71-79)113-87-65-68-92-95(75-87)100-106-99(92)108-104-97-77-89(115-86-62-51-57-81(73-86)54-44-41-38-35-32-29-26-23-20-17-14-11-8-3)67-70-94(97)103(111(104)105(4)112-78-98-90-63-47-45-58-82(90)74-83-59-46-48-64-91(83)98)109-101-93-69-66-88(76-96(93)102(107-100)110(101)5)114-85-61-50-56-80(72-85)53-43-40-37-34-31-28-25-22-19-16-13-10-7-2/h45-51,55-77,106-107H,6-44,52-54,78H2,1-5H3. The van der Waals surface area contributed by atoms with Crippen molar-refractivity contribution >= 4 is 84.2 Å². The molecule has 0 saturated carbocycles. The molecule has 9 aromatic carbocycles. The van der Waals surface area contributed by atoms with Crippen molar-refractivity contribution in [2.45, 2.75) is 304 Å². The average Bonchev–Trinajstić information content (AvgIpc) is 1.58. The molecule has 13 rings (SSSR count). The van der Waals surface area contributed by atoms with Crippen molar-refractivity contribution < 1.29 is 18.9 Å². The molecule has 2 N–H and O–H groups in total. The van der Waals surface area contributed by atoms with Crippen LogP contribution in [0.4, 0.5) is 23.3 Å². The van der Waals surface area contributed by atoms with Crippen molar-refractivity contribution in [1.29, 1.82) is 0 Å². The number of hydrogen-bond acceptors (Lipinski definition) is 7. The number of ether oxygens (including phenoxy) is 3. The van der Waals surface area contributed by atoms with Gasteiger partial charge < -0.3 is 38.2 Å². The predicted octanol–water partition coefficient (Wildman–Crippen LogP) is 31.3. The number of anilines is 2. The second kappa shape index (κ2) is 44.9. The van der Waals surface area contributed by atoms with Gasteiger partial charge in [-0.1, -0.05) is 337 Å². The summed E-state index contributed by atoms with van der Waals surface area (Å²) in [5.41, 5.74) is 6.44. The van der Waals surface area contributed by atoms with E-state index in [1.54, 1.807) is 0 Å². The Balaban J connectivity index is 0.820. The second-order valence-corrected chi connectivity index (χ2v) is 33.5. The third kappa shape index (κ3) is 23.8. The summed E-state index contributed by atoms with van der Waals surface area (Å²) in [4.78, 5) is 15.7. The number of aromatic nitrogens is 3. The molecule has 0 radical (unpaired) electrons. The van der Waals surface area contributed by atoms with Crippen LogP contribution < -0.4 is 30.5 Å². The van der Waals surface area contributed by atoms with Crippen LogP contribution in [0.5, 0.6) is 34.5 Å². The molecule has 115 heavy (non-hydrogen) atoms. The van der Waals surface area contributed by atoms with E-state index in [-0.39, 0.29) is 0 Å². The number of rotatable bonds is 52. The first-order valence-electron chi connectivity index (χ1n) is 45.8. The zero-order chi connectivity index (χ0) is 79.0. The molecule has 3 aromatic heterocycles. The summed E-state index contributed by atoms with van der Waals surface area (Å²) in [6.07, 6.45) is 55.6. The summed E-state index contributed by atoms with van der Waals surface area (Å²) in [5, 5.41) is 14.2. The summed E-state index contributed by atoms with van der Waals surface area (Å²) >= 11 is 0. The first-order chi connectivity index (χ1) is 56.8. The van der Waals surface area contributed by atoms with E-state index in [0.29, 0.717) is 29.1 Å². The van der Waals surface area contributed by atoms with Crippen LogP contribution in [0.3, 0.4) is 0 Å². The zero-order valence-corrected chi connectivity index (χ0v) is 70.7. The molecule has 4 heterocycles. The molecule has 12 aromatic rings. The van der Waals surface area contributed by atoms with Gasteiger partial charge in [-0.2, -0.15) is 0 Å². The van der Waals surface area contributed by atoms with Gasteiger partial charge in [-0.3, -0.25) is 0 Å². The highest BCUT2D eigenvalue weighted by molar-refractivity contribution is 6.48. The Morgan fingerprint density at radius 1 is 0.322 bits per heavy atom. The lowest BCUT2D eigenvalue weighted by atomic mass is 9.86. The topological polar surface area (TPSA) is 99.3 Å². The van der Waals surface area contributed by atoms with Crippen molar-refractivity contribution in [3.05, 3.63) is 215 Å². The Bertz CT molecular complexity index is 5090. The molecule has 606 valence electrons. The average molecular weight is 1540 g/mol. The van der Waals surface area contributed by atoms with Gasteiger partial charge in [0.25, 0.3) is 0 Å². The fourth-order valence-corrected chi connectivity index (χ4v) is 17.7. The SMILES string of the molecule is CCCCCCCCCCCCCCCc1cccc(Oc2ccc3c4[nH]c(c3c2)Nc2c3cc(Oc5cccc(CCCCCCCCCCCCCCC)c5)ccc3c(n2C)N=c2c3ccc(Oc5cccc(CCCCCCCCCCCCCCC)c5)cc3c(n2B(C)OCc2c3ccccc3cc3ccccc23)=N4)c1. The van der Waals surface area contributed by atoms with E-state index in [1.165, 1.54) is 289 Å². The van der Waals surface area contributed by atoms with Gasteiger partial charge in [-0.15, -0.1) is 0 Å². The minimum atomic E-state index is -0.581. The molecule has 1 aliphatic heterocycles. The fourth-order valence-electron chi connectivity index (χ4n) is 17.7. The minimum absolute atomic E-state index is 0.341. The van der Waals surface area contributed by atoms with Crippen molar-refractivity contribution in [2.24, 2.45) is 17.0 Å². The van der Waals surface area contributed by atoms with E-state index in [9.17, 15) is 0 Å². The minimum Gasteiger partial charge on any atom is -0.457 e. The van der Waals surface area contributed by atoms with E-state index >= 15 is 0 Å². The van der Waals surface area contributed by atoms with Gasteiger partial charge in [0, 0.05) is 39.4 Å². The van der Waals surface area contributed by atoms with Gasteiger partial charge in [0.2, 0.25) is 0 Å². The lowest BCUT2D eigenvalue weighted by molar-refractivity contribution is 0.306. The Hall–Kier alpha value is -9.06. The van der Waals surface area contributed by atoms with Gasteiger partial charge >= 0.3 is 7.05 Å². The van der Waals surface area contributed by atoms with Crippen LogP contribution in [0.1, 0.15) is 293 Å². The molecule has 10 nitrogen and oxygen atoms in total. The molecule has 0 spiro atoms. The van der Waals surface area contributed by atoms with Gasteiger partial charge in [-0.25, -0.2) is 9.98 Å². The van der Waals surface area contributed by atoms with Gasteiger partial charge in [-0.05, 0) is 186 Å². The van der Waals surface area contributed by atoms with E-state index in [2.05, 4.69) is 236 Å². The molecule has 11 heteroatoms. The monoisotopic (exact) mass is 1540 g/mol. The number of benzene rings is 9. The summed E-state index contributed by atoms with van der Waals surface area (Å²) in [6, 6.07) is 65.0. The van der Waals surface area contributed by atoms with Crippen molar-refractivity contribution in [2.75, 3.05) is 5.32 Å². The number of aryl methyl sites for hydroxylation is 3. The van der Waals surface area contributed by atoms with Crippen molar-refractivity contribution in [1.82, 2.24) is 14.0 Å². The Labute approximate surface area is 688 Å². The van der Waals surface area contributed by atoms with Gasteiger partial charge in [0.15, 0.2) is 0 Å². The van der Waals surface area contributed by atoms with Crippen molar-refractivity contribution in [3.8, 4) is 34.5 Å². The number of unbranched alkanes of at least 4 members (excludes halogenated alkanes) is 36. The lowest BCUT2D eigenvalue weighted by Crippen LogP contribution is -2.41. The normalized spacial score (nSPS) is 12.0. The van der Waals surface area contributed by atoms with Crippen LogP contribution in [0.25, 0.3) is 53.9 Å². The van der Waals surface area contributed by atoms with Crippen LogP contribution in [0.2, 0.25) is 6.82 Å². The molecule has 0 unspecified atom stereocenters. The molecule has 0 amide bonds. The molecule has 0 atom stereocenters. The molecule has 0 saturated heterocycles. The summed E-state index contributed by atoms with van der Waals surface area (Å²) in [5.74, 6) is 7.72. The van der Waals surface area contributed by atoms with Gasteiger partial charge in [0.05, 0.1) is 6.61 Å². The van der Waals surface area contributed by atoms with Crippen LogP contribution in [0, 0.1) is 0 Å². The fraction of sp³-hybridized carbons (Fsp3) is 0.462.